The standard InChI is InChI=1S/C19H22N2O5/c22-17(20-9-13(12-5-6-12)14(10-20)19(24)25)7-8-21-15-3-1-2-4-16(15)26-11-18(21)23/h1-4,12-14H,5-11H2,(H,24,25)/t13-,14+/m1/s1. The van der Waals surface area contributed by atoms with Crippen molar-refractivity contribution in [2.45, 2.75) is 19.3 Å². The largest absolute Gasteiger partial charge is 0.482 e. The number of carboxylic acids is 1. The number of carbonyl (C=O) groups excluding carboxylic acids is 2. The Morgan fingerprint density at radius 3 is 2.69 bits per heavy atom. The molecule has 0 unspecified atom stereocenters. The molecule has 0 bridgehead atoms. The fraction of sp³-hybridized carbons (Fsp3) is 0.526. The average Bonchev–Trinajstić information content (AvgIpc) is 3.38. The molecule has 1 aromatic carbocycles. The molecule has 138 valence electrons. The Bertz CT molecular complexity index is 745. The van der Waals surface area contributed by atoms with Gasteiger partial charge in [0.15, 0.2) is 6.61 Å². The average molecular weight is 358 g/mol. The van der Waals surface area contributed by atoms with Crippen molar-refractivity contribution < 1.29 is 24.2 Å². The maximum Gasteiger partial charge on any atom is 0.308 e. The van der Waals surface area contributed by atoms with E-state index in [4.69, 9.17) is 4.74 Å². The summed E-state index contributed by atoms with van der Waals surface area (Å²) in [5.74, 6) is -0.371. The number of carbonyl (C=O) groups is 3. The van der Waals surface area contributed by atoms with E-state index < -0.39 is 11.9 Å². The van der Waals surface area contributed by atoms with Crippen molar-refractivity contribution in [3.8, 4) is 5.75 Å². The minimum absolute atomic E-state index is 0.0280. The van der Waals surface area contributed by atoms with Crippen LogP contribution < -0.4 is 9.64 Å². The van der Waals surface area contributed by atoms with E-state index in [9.17, 15) is 19.5 Å². The van der Waals surface area contributed by atoms with E-state index in [2.05, 4.69) is 0 Å². The zero-order valence-electron chi connectivity index (χ0n) is 14.5. The van der Waals surface area contributed by atoms with Crippen LogP contribution in [0.2, 0.25) is 0 Å². The second-order valence-electron chi connectivity index (χ2n) is 7.30. The van der Waals surface area contributed by atoms with Gasteiger partial charge in [-0.3, -0.25) is 14.4 Å². The molecule has 4 rings (SSSR count). The van der Waals surface area contributed by atoms with E-state index >= 15 is 0 Å². The molecule has 7 nitrogen and oxygen atoms in total. The molecular weight excluding hydrogens is 336 g/mol. The van der Waals surface area contributed by atoms with Crippen LogP contribution in [-0.2, 0) is 14.4 Å². The molecular formula is C19H22N2O5. The predicted octanol–water partition coefficient (Wildman–Crippen LogP) is 1.37. The van der Waals surface area contributed by atoms with Crippen LogP contribution in [0, 0.1) is 17.8 Å². The molecule has 3 aliphatic rings. The highest BCUT2D eigenvalue weighted by Gasteiger charge is 2.46. The SMILES string of the molecule is O=C(O)[C@H]1CN(C(=O)CCN2C(=O)COc3ccccc32)C[C@@H]1C1CC1. The summed E-state index contributed by atoms with van der Waals surface area (Å²) in [7, 11) is 0. The molecule has 0 aromatic heterocycles. The minimum Gasteiger partial charge on any atom is -0.482 e. The molecule has 1 saturated carbocycles. The molecule has 2 atom stereocenters. The minimum atomic E-state index is -0.811. The van der Waals surface area contributed by atoms with Gasteiger partial charge in [0.05, 0.1) is 11.6 Å². The molecule has 2 heterocycles. The van der Waals surface area contributed by atoms with Crippen LogP contribution in [0.25, 0.3) is 0 Å². The van der Waals surface area contributed by atoms with Crippen molar-refractivity contribution in [3.05, 3.63) is 24.3 Å². The van der Waals surface area contributed by atoms with E-state index in [-0.39, 0.29) is 43.8 Å². The molecule has 0 radical (unpaired) electrons. The van der Waals surface area contributed by atoms with Crippen LogP contribution in [0.3, 0.4) is 0 Å². The Morgan fingerprint density at radius 1 is 1.19 bits per heavy atom. The highest BCUT2D eigenvalue weighted by molar-refractivity contribution is 5.98. The number of para-hydroxylation sites is 2. The van der Waals surface area contributed by atoms with Crippen LogP contribution in [0.1, 0.15) is 19.3 Å². The molecule has 7 heteroatoms. The van der Waals surface area contributed by atoms with Crippen molar-refractivity contribution in [3.63, 3.8) is 0 Å². The lowest BCUT2D eigenvalue weighted by Crippen LogP contribution is -2.41. The summed E-state index contributed by atoms with van der Waals surface area (Å²) >= 11 is 0. The second-order valence-corrected chi connectivity index (χ2v) is 7.30. The van der Waals surface area contributed by atoms with Gasteiger partial charge in [-0.05, 0) is 36.8 Å². The molecule has 1 N–H and O–H groups in total. The lowest BCUT2D eigenvalue weighted by molar-refractivity contribution is -0.142. The number of anilines is 1. The van der Waals surface area contributed by atoms with Gasteiger partial charge in [0.2, 0.25) is 5.91 Å². The second kappa shape index (κ2) is 6.63. The molecule has 2 fully saturated rings. The molecule has 26 heavy (non-hydrogen) atoms. The summed E-state index contributed by atoms with van der Waals surface area (Å²) in [5, 5.41) is 9.43. The number of hydrogen-bond acceptors (Lipinski definition) is 4. The summed E-state index contributed by atoms with van der Waals surface area (Å²) in [6.45, 7) is 1.05. The van der Waals surface area contributed by atoms with Gasteiger partial charge in [0, 0.05) is 26.1 Å². The number of likely N-dealkylation sites (tertiary alicyclic amines) is 1. The predicted molar refractivity (Wildman–Crippen MR) is 92.8 cm³/mol. The van der Waals surface area contributed by atoms with Crippen LogP contribution >= 0.6 is 0 Å². The highest BCUT2D eigenvalue weighted by Crippen LogP contribution is 2.44. The lowest BCUT2D eigenvalue weighted by Gasteiger charge is -2.29. The maximum absolute atomic E-state index is 12.6. The summed E-state index contributed by atoms with van der Waals surface area (Å²) in [4.78, 5) is 39.5. The fourth-order valence-electron chi connectivity index (χ4n) is 4.06. The number of carboxylic acid groups (broad SMARTS) is 1. The lowest BCUT2D eigenvalue weighted by atomic mass is 9.92. The number of hydrogen-bond donors (Lipinski definition) is 1. The van der Waals surface area contributed by atoms with Crippen LogP contribution in [0.4, 0.5) is 5.69 Å². The van der Waals surface area contributed by atoms with Crippen LogP contribution in [-0.4, -0.2) is 54.0 Å². The number of ether oxygens (including phenoxy) is 1. The number of amides is 2. The maximum atomic E-state index is 12.6. The summed E-state index contributed by atoms with van der Waals surface area (Å²) < 4.78 is 5.41. The molecule has 0 spiro atoms. The van der Waals surface area contributed by atoms with E-state index in [1.807, 2.05) is 12.1 Å². The quantitative estimate of drug-likeness (QED) is 0.859. The first-order valence-corrected chi connectivity index (χ1v) is 9.07. The third-order valence-corrected chi connectivity index (χ3v) is 5.62. The van der Waals surface area contributed by atoms with Crippen molar-refractivity contribution in [2.24, 2.45) is 17.8 Å². The molecule has 1 aromatic rings. The Hall–Kier alpha value is -2.57. The van der Waals surface area contributed by atoms with Gasteiger partial charge in [0.1, 0.15) is 5.75 Å². The Morgan fingerprint density at radius 2 is 1.96 bits per heavy atom. The third-order valence-electron chi connectivity index (χ3n) is 5.62. The van der Waals surface area contributed by atoms with Crippen molar-refractivity contribution in [1.82, 2.24) is 4.90 Å². The topological polar surface area (TPSA) is 87.2 Å². The zero-order valence-corrected chi connectivity index (χ0v) is 14.5. The van der Waals surface area contributed by atoms with Crippen molar-refractivity contribution in [1.29, 1.82) is 0 Å². The van der Waals surface area contributed by atoms with Gasteiger partial charge in [-0.15, -0.1) is 0 Å². The Labute approximate surface area is 151 Å². The molecule has 2 aliphatic heterocycles. The first-order valence-electron chi connectivity index (χ1n) is 9.07. The number of nitrogens with zero attached hydrogens (tertiary/aromatic N) is 2. The molecule has 2 amide bonds. The Balaban J connectivity index is 1.40. The van der Waals surface area contributed by atoms with Crippen molar-refractivity contribution in [2.75, 3.05) is 31.1 Å². The van der Waals surface area contributed by atoms with E-state index in [1.165, 1.54) is 0 Å². The number of fused-ring (bicyclic) bond motifs is 1. The number of rotatable bonds is 5. The zero-order chi connectivity index (χ0) is 18.3. The monoisotopic (exact) mass is 358 g/mol. The normalized spacial score (nSPS) is 25.0. The van der Waals surface area contributed by atoms with E-state index in [0.717, 1.165) is 12.8 Å². The highest BCUT2D eigenvalue weighted by atomic mass is 16.5. The third kappa shape index (κ3) is 3.13. The van der Waals surface area contributed by atoms with Gasteiger partial charge in [0.25, 0.3) is 5.91 Å². The van der Waals surface area contributed by atoms with E-state index in [0.29, 0.717) is 23.9 Å². The van der Waals surface area contributed by atoms with Crippen LogP contribution in [0.15, 0.2) is 24.3 Å². The molecule has 1 aliphatic carbocycles. The fourth-order valence-corrected chi connectivity index (χ4v) is 4.06. The smallest absolute Gasteiger partial charge is 0.308 e. The summed E-state index contributed by atoms with van der Waals surface area (Å²) in [6.07, 6.45) is 2.31. The molecule has 1 saturated heterocycles. The van der Waals surface area contributed by atoms with E-state index in [1.54, 1.807) is 21.9 Å². The summed E-state index contributed by atoms with van der Waals surface area (Å²) in [5.41, 5.74) is 0.678. The van der Waals surface area contributed by atoms with Crippen LogP contribution in [0.5, 0.6) is 5.75 Å². The first kappa shape index (κ1) is 16.9. The van der Waals surface area contributed by atoms with Gasteiger partial charge < -0.3 is 19.6 Å². The number of aliphatic carboxylic acids is 1. The van der Waals surface area contributed by atoms with Gasteiger partial charge in [-0.25, -0.2) is 0 Å². The van der Waals surface area contributed by atoms with Gasteiger partial charge in [-0.2, -0.15) is 0 Å². The number of benzene rings is 1. The first-order chi connectivity index (χ1) is 12.5. The van der Waals surface area contributed by atoms with Gasteiger partial charge >= 0.3 is 5.97 Å². The van der Waals surface area contributed by atoms with Gasteiger partial charge in [-0.1, -0.05) is 12.1 Å². The Kier molecular flexibility index (Phi) is 4.30. The summed E-state index contributed by atoms with van der Waals surface area (Å²) in [6, 6.07) is 7.27. The van der Waals surface area contributed by atoms with Crippen molar-refractivity contribution >= 4 is 23.5 Å².